The Balaban J connectivity index is 2.28. The smallest absolute Gasteiger partial charge is 0.124 e. The highest BCUT2D eigenvalue weighted by Gasteiger charge is 2.18. The van der Waals surface area contributed by atoms with Gasteiger partial charge in [-0.05, 0) is 40.5 Å². The highest BCUT2D eigenvalue weighted by molar-refractivity contribution is 9.10. The Bertz CT molecular complexity index is 615. The zero-order valence-corrected chi connectivity index (χ0v) is 12.8. The van der Waals surface area contributed by atoms with Gasteiger partial charge in [0.15, 0.2) is 0 Å². The molecule has 0 bridgehead atoms. The van der Waals surface area contributed by atoms with Crippen LogP contribution in [0, 0.1) is 12.7 Å². The fourth-order valence-electron chi connectivity index (χ4n) is 1.97. The zero-order valence-electron chi connectivity index (χ0n) is 10.5. The standard InChI is InChI=1S/C13H13BrClFN2O/c1-7-13(14)11(18(2)17-7)6-12(19)9-4-3-8(16)5-10(9)15/h3-5,12,19H,6H2,1-2H3. The van der Waals surface area contributed by atoms with Crippen molar-refractivity contribution >= 4 is 27.5 Å². The van der Waals surface area contributed by atoms with E-state index in [1.807, 2.05) is 14.0 Å². The molecule has 2 aromatic rings. The number of hydrogen-bond donors (Lipinski definition) is 1. The van der Waals surface area contributed by atoms with Crippen molar-refractivity contribution in [3.63, 3.8) is 0 Å². The number of hydrogen-bond acceptors (Lipinski definition) is 2. The van der Waals surface area contributed by atoms with Crippen molar-refractivity contribution < 1.29 is 9.50 Å². The third-order valence-electron chi connectivity index (χ3n) is 2.97. The maximum absolute atomic E-state index is 13.0. The highest BCUT2D eigenvalue weighted by atomic mass is 79.9. The van der Waals surface area contributed by atoms with E-state index >= 15 is 0 Å². The molecule has 3 nitrogen and oxygen atoms in total. The lowest BCUT2D eigenvalue weighted by atomic mass is 10.0. The molecule has 1 N–H and O–H groups in total. The minimum Gasteiger partial charge on any atom is -0.388 e. The Labute approximate surface area is 124 Å². The summed E-state index contributed by atoms with van der Waals surface area (Å²) < 4.78 is 15.6. The van der Waals surface area contributed by atoms with Crippen LogP contribution in [0.15, 0.2) is 22.7 Å². The summed E-state index contributed by atoms with van der Waals surface area (Å²) in [6.45, 7) is 1.88. The zero-order chi connectivity index (χ0) is 14.2. The van der Waals surface area contributed by atoms with E-state index in [2.05, 4.69) is 21.0 Å². The van der Waals surface area contributed by atoms with E-state index in [1.54, 1.807) is 4.68 Å². The van der Waals surface area contributed by atoms with E-state index in [4.69, 9.17) is 11.6 Å². The molecule has 0 spiro atoms. The predicted molar refractivity (Wildman–Crippen MR) is 75.7 cm³/mol. The van der Waals surface area contributed by atoms with Gasteiger partial charge >= 0.3 is 0 Å². The number of aliphatic hydroxyl groups is 1. The van der Waals surface area contributed by atoms with Crippen LogP contribution in [0.3, 0.4) is 0 Å². The Morgan fingerprint density at radius 1 is 1.53 bits per heavy atom. The highest BCUT2D eigenvalue weighted by Crippen LogP contribution is 2.29. The van der Waals surface area contributed by atoms with Crippen LogP contribution < -0.4 is 0 Å². The number of halogens is 3. The molecule has 0 aliphatic carbocycles. The molecular weight excluding hydrogens is 335 g/mol. The number of aryl methyl sites for hydroxylation is 2. The van der Waals surface area contributed by atoms with Gasteiger partial charge in [0.25, 0.3) is 0 Å². The molecule has 0 saturated carbocycles. The fourth-order valence-corrected chi connectivity index (χ4v) is 2.76. The van der Waals surface area contributed by atoms with E-state index < -0.39 is 11.9 Å². The van der Waals surface area contributed by atoms with Gasteiger partial charge in [-0.1, -0.05) is 17.7 Å². The largest absolute Gasteiger partial charge is 0.388 e. The van der Waals surface area contributed by atoms with Gasteiger partial charge in [-0.15, -0.1) is 0 Å². The van der Waals surface area contributed by atoms with Gasteiger partial charge in [0, 0.05) is 18.5 Å². The number of benzene rings is 1. The Morgan fingerprint density at radius 2 is 2.21 bits per heavy atom. The van der Waals surface area contributed by atoms with Crippen molar-refractivity contribution in [2.45, 2.75) is 19.4 Å². The SMILES string of the molecule is Cc1nn(C)c(CC(O)c2ccc(F)cc2Cl)c1Br. The summed E-state index contributed by atoms with van der Waals surface area (Å²) in [5.41, 5.74) is 2.23. The molecule has 0 radical (unpaired) electrons. The molecule has 1 heterocycles. The summed E-state index contributed by atoms with van der Waals surface area (Å²) >= 11 is 9.39. The summed E-state index contributed by atoms with van der Waals surface area (Å²) in [4.78, 5) is 0. The quantitative estimate of drug-likeness (QED) is 0.922. The van der Waals surface area contributed by atoms with Crippen molar-refractivity contribution in [2.24, 2.45) is 7.05 Å². The van der Waals surface area contributed by atoms with Gasteiger partial charge in [0.2, 0.25) is 0 Å². The van der Waals surface area contributed by atoms with Crippen LogP contribution in [-0.4, -0.2) is 14.9 Å². The third kappa shape index (κ3) is 2.99. The first kappa shape index (κ1) is 14.5. The molecule has 102 valence electrons. The van der Waals surface area contributed by atoms with Gasteiger partial charge in [-0.3, -0.25) is 4.68 Å². The average molecular weight is 348 g/mol. The lowest BCUT2D eigenvalue weighted by Crippen LogP contribution is -2.07. The summed E-state index contributed by atoms with van der Waals surface area (Å²) in [6, 6.07) is 3.98. The van der Waals surface area contributed by atoms with Crippen LogP contribution in [0.4, 0.5) is 4.39 Å². The summed E-state index contributed by atoms with van der Waals surface area (Å²) in [5, 5.41) is 14.7. The Kier molecular flexibility index (Phi) is 4.28. The first-order valence-corrected chi connectivity index (χ1v) is 6.88. The van der Waals surface area contributed by atoms with E-state index in [-0.39, 0.29) is 5.02 Å². The summed E-state index contributed by atoms with van der Waals surface area (Å²) in [7, 11) is 1.81. The van der Waals surface area contributed by atoms with E-state index in [0.717, 1.165) is 15.9 Å². The number of rotatable bonds is 3. The van der Waals surface area contributed by atoms with E-state index in [9.17, 15) is 9.50 Å². The van der Waals surface area contributed by atoms with Gasteiger partial charge in [-0.2, -0.15) is 5.10 Å². The molecule has 0 amide bonds. The lowest BCUT2D eigenvalue weighted by Gasteiger charge is -2.13. The second-order valence-corrected chi connectivity index (χ2v) is 5.56. The van der Waals surface area contributed by atoms with Crippen LogP contribution in [0.25, 0.3) is 0 Å². The molecule has 1 unspecified atom stereocenters. The average Bonchev–Trinajstić information content (AvgIpc) is 2.56. The summed E-state index contributed by atoms with van der Waals surface area (Å²) in [6.07, 6.45) is -0.456. The van der Waals surface area contributed by atoms with Gasteiger partial charge < -0.3 is 5.11 Å². The molecule has 19 heavy (non-hydrogen) atoms. The molecule has 0 saturated heterocycles. The Morgan fingerprint density at radius 3 is 2.74 bits per heavy atom. The third-order valence-corrected chi connectivity index (χ3v) is 4.33. The van der Waals surface area contributed by atoms with Crippen LogP contribution in [0.5, 0.6) is 0 Å². The minimum atomic E-state index is -0.806. The lowest BCUT2D eigenvalue weighted by molar-refractivity contribution is 0.175. The maximum atomic E-state index is 13.0. The first-order chi connectivity index (χ1) is 8.90. The predicted octanol–water partition coefficient (Wildman–Crippen LogP) is 3.56. The number of nitrogens with zero attached hydrogens (tertiary/aromatic N) is 2. The molecule has 1 aromatic carbocycles. The van der Waals surface area contributed by atoms with E-state index in [0.29, 0.717) is 12.0 Å². The second-order valence-electron chi connectivity index (χ2n) is 4.36. The van der Waals surface area contributed by atoms with Crippen LogP contribution >= 0.6 is 27.5 Å². The van der Waals surface area contributed by atoms with Crippen LogP contribution in [0.2, 0.25) is 5.02 Å². The van der Waals surface area contributed by atoms with E-state index in [1.165, 1.54) is 18.2 Å². The molecule has 0 aliphatic rings. The molecule has 1 aromatic heterocycles. The Hall–Kier alpha value is -0.910. The molecule has 1 atom stereocenters. The van der Waals surface area contributed by atoms with Gasteiger partial charge in [-0.25, -0.2) is 4.39 Å². The monoisotopic (exact) mass is 346 g/mol. The van der Waals surface area contributed by atoms with Crippen molar-refractivity contribution in [2.75, 3.05) is 0 Å². The number of aliphatic hydroxyl groups excluding tert-OH is 1. The molecule has 0 aliphatic heterocycles. The first-order valence-electron chi connectivity index (χ1n) is 5.71. The fraction of sp³-hybridized carbons (Fsp3) is 0.308. The van der Waals surface area contributed by atoms with Crippen molar-refractivity contribution in [3.8, 4) is 0 Å². The van der Waals surface area contributed by atoms with Crippen LogP contribution in [-0.2, 0) is 13.5 Å². The second kappa shape index (κ2) is 5.61. The normalized spacial score (nSPS) is 12.7. The number of aromatic nitrogens is 2. The minimum absolute atomic E-state index is 0.225. The molecule has 6 heteroatoms. The van der Waals surface area contributed by atoms with Crippen molar-refractivity contribution in [1.29, 1.82) is 0 Å². The maximum Gasteiger partial charge on any atom is 0.124 e. The van der Waals surface area contributed by atoms with Crippen LogP contribution in [0.1, 0.15) is 23.1 Å². The van der Waals surface area contributed by atoms with Gasteiger partial charge in [0.05, 0.1) is 22.0 Å². The van der Waals surface area contributed by atoms with Crippen molar-refractivity contribution in [1.82, 2.24) is 9.78 Å². The van der Waals surface area contributed by atoms with Gasteiger partial charge in [0.1, 0.15) is 5.82 Å². The molecule has 2 rings (SSSR count). The van der Waals surface area contributed by atoms with Crippen molar-refractivity contribution in [3.05, 3.63) is 50.5 Å². The molecule has 0 fully saturated rings. The summed E-state index contributed by atoms with van der Waals surface area (Å²) in [5.74, 6) is -0.418. The molecular formula is C13H13BrClFN2O. The topological polar surface area (TPSA) is 38.0 Å².